The lowest BCUT2D eigenvalue weighted by molar-refractivity contribution is -0.144. The van der Waals surface area contributed by atoms with Crippen LogP contribution in [-0.4, -0.2) is 26.8 Å². The van der Waals surface area contributed by atoms with Crippen LogP contribution in [0, 0.1) is 5.82 Å². The first-order chi connectivity index (χ1) is 10.4. The summed E-state index contributed by atoms with van der Waals surface area (Å²) in [7, 11) is 0. The molecule has 1 amide bonds. The van der Waals surface area contributed by atoms with E-state index in [1.165, 1.54) is 6.07 Å². The van der Waals surface area contributed by atoms with Crippen LogP contribution in [0.1, 0.15) is 12.2 Å². The molecule has 0 aliphatic heterocycles. The van der Waals surface area contributed by atoms with E-state index in [2.05, 4.69) is 15.4 Å². The molecular formula is C12H10F4N4OS. The molecule has 118 valence electrons. The molecule has 22 heavy (non-hydrogen) atoms. The van der Waals surface area contributed by atoms with Crippen molar-refractivity contribution in [1.29, 1.82) is 0 Å². The van der Waals surface area contributed by atoms with E-state index in [9.17, 15) is 22.4 Å². The van der Waals surface area contributed by atoms with Gasteiger partial charge in [0.25, 0.3) is 0 Å². The zero-order valence-corrected chi connectivity index (χ0v) is 11.8. The second-order valence-electron chi connectivity index (χ2n) is 4.08. The van der Waals surface area contributed by atoms with Crippen molar-refractivity contribution in [2.24, 2.45) is 0 Å². The van der Waals surface area contributed by atoms with Crippen LogP contribution in [0.3, 0.4) is 0 Å². The van der Waals surface area contributed by atoms with E-state index in [0.717, 1.165) is 11.8 Å². The van der Waals surface area contributed by atoms with Gasteiger partial charge in [0.2, 0.25) is 17.7 Å². The summed E-state index contributed by atoms with van der Waals surface area (Å²) in [4.78, 5) is 15.1. The summed E-state index contributed by atoms with van der Waals surface area (Å²) in [5.41, 5.74) is 0. The maximum absolute atomic E-state index is 13.3. The molecule has 0 spiro atoms. The smallest absolute Gasteiger partial charge is 0.293 e. The van der Waals surface area contributed by atoms with Crippen LogP contribution in [0.25, 0.3) is 0 Å². The first kappa shape index (κ1) is 16.3. The van der Waals surface area contributed by atoms with Gasteiger partial charge in [0, 0.05) is 17.1 Å². The number of H-pyrrole nitrogens is 1. The molecule has 0 saturated carbocycles. The molecule has 1 aromatic carbocycles. The number of amides is 1. The molecule has 2 N–H and O–H groups in total. The Morgan fingerprint density at radius 2 is 2.05 bits per heavy atom. The number of carbonyl (C=O) groups is 1. The minimum Gasteiger partial charge on any atom is -0.293 e. The van der Waals surface area contributed by atoms with Gasteiger partial charge < -0.3 is 0 Å². The monoisotopic (exact) mass is 334 g/mol. The maximum atomic E-state index is 13.3. The van der Waals surface area contributed by atoms with E-state index in [1.807, 2.05) is 0 Å². The van der Waals surface area contributed by atoms with Gasteiger partial charge in [0.15, 0.2) is 0 Å². The van der Waals surface area contributed by atoms with Gasteiger partial charge in [0.05, 0.1) is 0 Å². The molecule has 1 aromatic heterocycles. The first-order valence-electron chi connectivity index (χ1n) is 6.03. The standard InChI is InChI=1S/C12H10F4N4OS/c13-7-3-1-2-4-8(7)22-6-5-9(21)17-11-18-10(19-20-11)12(14,15)16/h1-4H,5-6H2,(H2,17,18,19,20,21). The Labute approximate surface area is 126 Å². The number of hydrogen-bond donors (Lipinski definition) is 2. The Morgan fingerprint density at radius 1 is 1.32 bits per heavy atom. The van der Waals surface area contributed by atoms with E-state index in [-0.39, 0.29) is 12.2 Å². The van der Waals surface area contributed by atoms with Crippen molar-refractivity contribution in [3.8, 4) is 0 Å². The van der Waals surface area contributed by atoms with Gasteiger partial charge in [-0.3, -0.25) is 15.2 Å². The number of thioether (sulfide) groups is 1. The normalized spacial score (nSPS) is 11.5. The molecule has 0 radical (unpaired) electrons. The van der Waals surface area contributed by atoms with E-state index in [1.54, 1.807) is 23.3 Å². The summed E-state index contributed by atoms with van der Waals surface area (Å²) < 4.78 is 50.2. The second kappa shape index (κ2) is 6.77. The minimum absolute atomic E-state index is 0.0190. The molecule has 0 saturated heterocycles. The zero-order valence-electron chi connectivity index (χ0n) is 10.9. The summed E-state index contributed by atoms with van der Waals surface area (Å²) in [5, 5.41) is 7.07. The molecule has 0 aliphatic rings. The van der Waals surface area contributed by atoms with Gasteiger partial charge in [-0.15, -0.1) is 16.9 Å². The number of benzene rings is 1. The molecule has 0 fully saturated rings. The highest BCUT2D eigenvalue weighted by Crippen LogP contribution is 2.26. The predicted octanol–water partition coefficient (Wildman–Crippen LogP) is 3.08. The number of aromatic amines is 1. The Morgan fingerprint density at radius 3 is 2.68 bits per heavy atom. The van der Waals surface area contributed by atoms with Gasteiger partial charge in [-0.1, -0.05) is 12.1 Å². The molecule has 10 heteroatoms. The van der Waals surface area contributed by atoms with Crippen LogP contribution in [-0.2, 0) is 11.0 Å². The molecule has 1 heterocycles. The predicted molar refractivity (Wildman–Crippen MR) is 71.8 cm³/mol. The lowest BCUT2D eigenvalue weighted by Gasteiger charge is -2.03. The Kier molecular flexibility index (Phi) is 5.01. The third-order valence-corrected chi connectivity index (χ3v) is 3.48. The van der Waals surface area contributed by atoms with Crippen LogP contribution < -0.4 is 5.32 Å². The molecule has 0 bridgehead atoms. The third-order valence-electron chi connectivity index (χ3n) is 2.43. The first-order valence-corrected chi connectivity index (χ1v) is 7.01. The van der Waals surface area contributed by atoms with E-state index in [0.29, 0.717) is 4.90 Å². The van der Waals surface area contributed by atoms with Crippen LogP contribution in [0.5, 0.6) is 0 Å². The minimum atomic E-state index is -4.66. The molecule has 0 atom stereocenters. The summed E-state index contributed by atoms with van der Waals surface area (Å²) in [6, 6.07) is 6.09. The van der Waals surface area contributed by atoms with Crippen molar-refractivity contribution in [3.63, 3.8) is 0 Å². The van der Waals surface area contributed by atoms with Crippen LogP contribution in [0.2, 0.25) is 0 Å². The Bertz CT molecular complexity index is 659. The van der Waals surface area contributed by atoms with Gasteiger partial charge >= 0.3 is 6.18 Å². The highest BCUT2D eigenvalue weighted by Gasteiger charge is 2.35. The van der Waals surface area contributed by atoms with Crippen molar-refractivity contribution >= 4 is 23.6 Å². The lowest BCUT2D eigenvalue weighted by Crippen LogP contribution is -2.13. The summed E-state index contributed by atoms with van der Waals surface area (Å²) >= 11 is 1.13. The number of hydrogen-bond acceptors (Lipinski definition) is 4. The van der Waals surface area contributed by atoms with Crippen molar-refractivity contribution in [1.82, 2.24) is 15.2 Å². The highest BCUT2D eigenvalue weighted by molar-refractivity contribution is 7.99. The lowest BCUT2D eigenvalue weighted by atomic mass is 10.3. The highest BCUT2D eigenvalue weighted by atomic mass is 32.2. The number of aromatic nitrogens is 3. The fourth-order valence-corrected chi connectivity index (χ4v) is 2.34. The van der Waals surface area contributed by atoms with Gasteiger partial charge in [0.1, 0.15) is 5.82 Å². The summed E-state index contributed by atoms with van der Waals surface area (Å²) in [6.07, 6.45) is -4.68. The summed E-state index contributed by atoms with van der Waals surface area (Å²) in [5.74, 6) is -2.42. The van der Waals surface area contributed by atoms with E-state index < -0.39 is 29.7 Å². The largest absolute Gasteiger partial charge is 0.451 e. The van der Waals surface area contributed by atoms with Gasteiger partial charge in [-0.05, 0) is 12.1 Å². The van der Waals surface area contributed by atoms with Gasteiger partial charge in [-0.25, -0.2) is 4.39 Å². The maximum Gasteiger partial charge on any atom is 0.451 e. The molecule has 2 rings (SSSR count). The number of rotatable bonds is 5. The number of halogens is 4. The number of carbonyl (C=O) groups excluding carboxylic acids is 1. The van der Waals surface area contributed by atoms with E-state index in [4.69, 9.17) is 0 Å². The second-order valence-corrected chi connectivity index (χ2v) is 5.22. The van der Waals surface area contributed by atoms with Crippen LogP contribution >= 0.6 is 11.8 Å². The third kappa shape index (κ3) is 4.45. The fourth-order valence-electron chi connectivity index (χ4n) is 1.45. The Balaban J connectivity index is 1.81. The number of nitrogens with zero attached hydrogens (tertiary/aromatic N) is 2. The quantitative estimate of drug-likeness (QED) is 0.651. The number of anilines is 1. The zero-order chi connectivity index (χ0) is 16.2. The topological polar surface area (TPSA) is 70.7 Å². The number of alkyl halides is 3. The molecule has 0 aliphatic carbocycles. The van der Waals surface area contributed by atoms with Crippen molar-refractivity contribution in [2.45, 2.75) is 17.5 Å². The van der Waals surface area contributed by atoms with Crippen LogP contribution in [0.4, 0.5) is 23.5 Å². The van der Waals surface area contributed by atoms with E-state index >= 15 is 0 Å². The molecule has 2 aromatic rings. The molecular weight excluding hydrogens is 324 g/mol. The molecule has 0 unspecified atom stereocenters. The summed E-state index contributed by atoms with van der Waals surface area (Å²) in [6.45, 7) is 0. The average molecular weight is 334 g/mol. The Hall–Kier alpha value is -2.10. The average Bonchev–Trinajstić information content (AvgIpc) is 2.89. The van der Waals surface area contributed by atoms with Gasteiger partial charge in [-0.2, -0.15) is 18.2 Å². The van der Waals surface area contributed by atoms with Crippen molar-refractivity contribution < 1.29 is 22.4 Å². The van der Waals surface area contributed by atoms with Crippen molar-refractivity contribution in [2.75, 3.05) is 11.1 Å². The number of nitrogens with one attached hydrogen (secondary N) is 2. The van der Waals surface area contributed by atoms with Crippen molar-refractivity contribution in [3.05, 3.63) is 35.9 Å². The van der Waals surface area contributed by atoms with Crippen LogP contribution in [0.15, 0.2) is 29.2 Å². The SMILES string of the molecule is O=C(CCSc1ccccc1F)Nc1n[nH]c(C(F)(F)F)n1. The fraction of sp³-hybridized carbons (Fsp3) is 0.250. The molecule has 5 nitrogen and oxygen atoms in total.